The zero-order chi connectivity index (χ0) is 25.4. The molecule has 3 aromatic rings. The summed E-state index contributed by atoms with van der Waals surface area (Å²) in [6, 6.07) is 8.95. The lowest BCUT2D eigenvalue weighted by Gasteiger charge is -2.19. The monoisotopic (exact) mass is 526 g/mol. The van der Waals surface area contributed by atoms with E-state index in [-0.39, 0.29) is 21.8 Å². The third-order valence-electron chi connectivity index (χ3n) is 6.78. The van der Waals surface area contributed by atoms with E-state index in [1.54, 1.807) is 12.1 Å². The van der Waals surface area contributed by atoms with Crippen molar-refractivity contribution in [3.63, 3.8) is 0 Å². The maximum atomic E-state index is 12.4. The van der Waals surface area contributed by atoms with Crippen LogP contribution in [-0.2, 0) is 0 Å². The van der Waals surface area contributed by atoms with Gasteiger partial charge >= 0.3 is 5.69 Å². The molecular formula is C27H28Cl2N4O3. The first-order valence-electron chi connectivity index (χ1n) is 12.3. The molecule has 2 N–H and O–H groups in total. The van der Waals surface area contributed by atoms with Crippen LogP contribution in [0.1, 0.15) is 61.9 Å². The summed E-state index contributed by atoms with van der Waals surface area (Å²) in [5.74, 6) is 1.50. The predicted octanol–water partition coefficient (Wildman–Crippen LogP) is 5.96. The number of allylic oxidation sites excluding steroid dienone is 2. The van der Waals surface area contributed by atoms with Gasteiger partial charge in [0.1, 0.15) is 11.4 Å². The Morgan fingerprint density at radius 3 is 2.50 bits per heavy atom. The number of nitrogens with one attached hydrogen (secondary N) is 2. The van der Waals surface area contributed by atoms with Gasteiger partial charge in [-0.3, -0.25) is 9.78 Å². The van der Waals surface area contributed by atoms with Crippen molar-refractivity contribution in [2.75, 3.05) is 6.54 Å². The minimum Gasteiger partial charge on any atom is -0.454 e. The van der Waals surface area contributed by atoms with Crippen LogP contribution in [0.25, 0.3) is 11.3 Å². The summed E-state index contributed by atoms with van der Waals surface area (Å²) in [5.41, 5.74) is 3.17. The van der Waals surface area contributed by atoms with Crippen molar-refractivity contribution in [1.29, 1.82) is 0 Å². The highest BCUT2D eigenvalue weighted by Gasteiger charge is 2.28. The molecule has 5 rings (SSSR count). The molecule has 2 fully saturated rings. The molecule has 1 aliphatic heterocycles. The van der Waals surface area contributed by atoms with Crippen LogP contribution >= 0.6 is 23.2 Å². The molecule has 2 aromatic carbocycles. The molecule has 0 bridgehead atoms. The van der Waals surface area contributed by atoms with Gasteiger partial charge in [0, 0.05) is 6.54 Å². The highest BCUT2D eigenvalue weighted by Crippen LogP contribution is 2.42. The highest BCUT2D eigenvalue weighted by molar-refractivity contribution is 6.37. The molecule has 9 heteroatoms. The number of hydrogen-bond acceptors (Lipinski definition) is 5. The molecule has 36 heavy (non-hydrogen) atoms. The van der Waals surface area contributed by atoms with Crippen molar-refractivity contribution in [3.05, 3.63) is 84.1 Å². The van der Waals surface area contributed by atoms with Crippen LogP contribution in [0.2, 0.25) is 10.0 Å². The van der Waals surface area contributed by atoms with Crippen LogP contribution in [0.5, 0.6) is 11.5 Å². The summed E-state index contributed by atoms with van der Waals surface area (Å²) in [7, 11) is 0. The van der Waals surface area contributed by atoms with E-state index in [1.807, 2.05) is 6.07 Å². The van der Waals surface area contributed by atoms with E-state index in [4.69, 9.17) is 27.9 Å². The van der Waals surface area contributed by atoms with Crippen molar-refractivity contribution in [2.45, 2.75) is 52.0 Å². The summed E-state index contributed by atoms with van der Waals surface area (Å²) in [5, 5.41) is 7.70. The number of nitrogens with zero attached hydrogens (tertiary/aromatic N) is 2. The van der Waals surface area contributed by atoms with E-state index in [0.29, 0.717) is 29.6 Å². The summed E-state index contributed by atoms with van der Waals surface area (Å²) >= 11 is 13.1. The Hall–Kier alpha value is -2.87. The zero-order valence-electron chi connectivity index (χ0n) is 20.2. The Bertz CT molecular complexity index is 1430. The standard InChI is InChI=1S/C27H28Cl2N4O3/c1-3-6-19(16-7-4-5-8-16)20-13-18(10-9-15(20)2)36-25-21(28)11-17(12-22(25)29)33-27(35)31-26(34)24(32-33)23-14-30-23/h6,9-13,16,23,30H,3-5,7-8,14H2,1-2H3,(H,31,34,35)/b19-6-. The first-order valence-corrected chi connectivity index (χ1v) is 13.1. The molecule has 188 valence electrons. The Morgan fingerprint density at radius 2 is 1.86 bits per heavy atom. The Morgan fingerprint density at radius 1 is 1.17 bits per heavy atom. The molecule has 2 heterocycles. The zero-order valence-corrected chi connectivity index (χ0v) is 21.7. The molecule has 1 unspecified atom stereocenters. The molecule has 7 nitrogen and oxygen atoms in total. The molecule has 0 amide bonds. The van der Waals surface area contributed by atoms with Crippen molar-refractivity contribution >= 4 is 28.8 Å². The number of benzene rings is 2. The number of aromatic amines is 1. The lowest BCUT2D eigenvalue weighted by molar-refractivity contribution is 0.482. The summed E-state index contributed by atoms with van der Waals surface area (Å²) < 4.78 is 7.26. The molecule has 0 spiro atoms. The Labute approximate surface area is 219 Å². The Kier molecular flexibility index (Phi) is 7.06. The highest BCUT2D eigenvalue weighted by atomic mass is 35.5. The number of aryl methyl sites for hydroxylation is 1. The lowest BCUT2D eigenvalue weighted by atomic mass is 9.88. The number of H-pyrrole nitrogens is 1. The van der Waals surface area contributed by atoms with Crippen molar-refractivity contribution in [1.82, 2.24) is 20.1 Å². The molecular weight excluding hydrogens is 499 g/mol. The first-order chi connectivity index (χ1) is 17.4. The van der Waals surface area contributed by atoms with Crippen LogP contribution in [0, 0.1) is 12.8 Å². The maximum Gasteiger partial charge on any atom is 0.349 e. The van der Waals surface area contributed by atoms with Crippen molar-refractivity contribution < 1.29 is 4.74 Å². The van der Waals surface area contributed by atoms with E-state index in [2.05, 4.69) is 47.5 Å². The van der Waals surface area contributed by atoms with Gasteiger partial charge in [-0.25, -0.2) is 4.79 Å². The molecule has 1 saturated heterocycles. The fraction of sp³-hybridized carbons (Fsp3) is 0.370. The molecule has 1 aromatic heterocycles. The number of hydrogen-bond donors (Lipinski definition) is 2. The van der Waals surface area contributed by atoms with E-state index in [0.717, 1.165) is 11.1 Å². The summed E-state index contributed by atoms with van der Waals surface area (Å²) in [4.78, 5) is 26.8. The van der Waals surface area contributed by atoms with Gasteiger partial charge in [-0.1, -0.05) is 55.1 Å². The second-order valence-electron chi connectivity index (χ2n) is 9.38. The van der Waals surface area contributed by atoms with Gasteiger partial charge in [-0.05, 0) is 73.1 Å². The van der Waals surface area contributed by atoms with Crippen LogP contribution < -0.4 is 21.3 Å². The topological polar surface area (TPSA) is 98.9 Å². The fourth-order valence-corrected chi connectivity index (χ4v) is 5.43. The first kappa shape index (κ1) is 24.8. The van der Waals surface area contributed by atoms with Crippen LogP contribution in [0.15, 0.2) is 46.0 Å². The second-order valence-corrected chi connectivity index (χ2v) is 10.2. The third-order valence-corrected chi connectivity index (χ3v) is 7.34. The SMILES string of the molecule is CC/C=C(\c1cc(Oc2c(Cl)cc(-n3nc(C4CN4)c(=O)[nH]c3=O)cc2Cl)ccc1C)C1CCCC1. The van der Waals surface area contributed by atoms with Gasteiger partial charge in [0.05, 0.1) is 21.8 Å². The average Bonchev–Trinajstić information content (AvgIpc) is 3.54. The maximum absolute atomic E-state index is 12.4. The van der Waals surface area contributed by atoms with Gasteiger partial charge in [0.2, 0.25) is 0 Å². The van der Waals surface area contributed by atoms with E-state index in [1.165, 1.54) is 42.4 Å². The van der Waals surface area contributed by atoms with Gasteiger partial charge in [-0.2, -0.15) is 9.78 Å². The number of rotatable bonds is 7. The van der Waals surface area contributed by atoms with Crippen LogP contribution in [-0.4, -0.2) is 21.3 Å². The fourth-order valence-electron chi connectivity index (χ4n) is 4.88. The Balaban J connectivity index is 1.48. The van der Waals surface area contributed by atoms with E-state index in [9.17, 15) is 9.59 Å². The van der Waals surface area contributed by atoms with E-state index < -0.39 is 11.2 Å². The summed E-state index contributed by atoms with van der Waals surface area (Å²) in [6.45, 7) is 4.92. The summed E-state index contributed by atoms with van der Waals surface area (Å²) in [6.07, 6.45) is 8.27. The lowest BCUT2D eigenvalue weighted by Crippen LogP contribution is -2.34. The molecule has 1 aliphatic carbocycles. The minimum absolute atomic E-state index is 0.166. The quantitative estimate of drug-likeness (QED) is 0.370. The van der Waals surface area contributed by atoms with Gasteiger partial charge in [0.15, 0.2) is 5.75 Å². The smallest absolute Gasteiger partial charge is 0.349 e. The normalized spacial score (nSPS) is 18.0. The number of aromatic nitrogens is 3. The molecule has 0 radical (unpaired) electrons. The largest absolute Gasteiger partial charge is 0.454 e. The average molecular weight is 527 g/mol. The van der Waals surface area contributed by atoms with Crippen molar-refractivity contribution in [3.8, 4) is 17.2 Å². The van der Waals surface area contributed by atoms with E-state index >= 15 is 0 Å². The predicted molar refractivity (Wildman–Crippen MR) is 143 cm³/mol. The molecule has 2 aliphatic rings. The van der Waals surface area contributed by atoms with Crippen LogP contribution in [0.4, 0.5) is 0 Å². The van der Waals surface area contributed by atoms with Gasteiger partial charge in [0.25, 0.3) is 5.56 Å². The van der Waals surface area contributed by atoms with Gasteiger partial charge < -0.3 is 10.1 Å². The number of ether oxygens (including phenoxy) is 1. The van der Waals surface area contributed by atoms with Gasteiger partial charge in [-0.15, -0.1) is 0 Å². The second kappa shape index (κ2) is 10.2. The van der Waals surface area contributed by atoms with Crippen LogP contribution in [0.3, 0.4) is 0 Å². The molecule has 1 saturated carbocycles. The molecule has 1 atom stereocenters. The third kappa shape index (κ3) is 5.01. The number of halogens is 2. The van der Waals surface area contributed by atoms with Crippen molar-refractivity contribution in [2.24, 2.45) is 5.92 Å². The minimum atomic E-state index is -0.671.